The summed E-state index contributed by atoms with van der Waals surface area (Å²) in [5, 5.41) is 0.537. The molecule has 238 valence electrons. The summed E-state index contributed by atoms with van der Waals surface area (Å²) >= 11 is 3.10. The second kappa shape index (κ2) is 11.5. The number of hydrogen-bond donors (Lipinski definition) is 0. The first kappa shape index (κ1) is 31.6. The van der Waals surface area contributed by atoms with Crippen molar-refractivity contribution in [1.82, 2.24) is 14.9 Å². The van der Waals surface area contributed by atoms with E-state index in [4.69, 9.17) is 14.1 Å². The summed E-state index contributed by atoms with van der Waals surface area (Å²) in [6.07, 6.45) is 6.88. The molecule has 6 rings (SSSR count). The van der Waals surface area contributed by atoms with Crippen LogP contribution in [-0.4, -0.2) is 67.6 Å². The fraction of sp³-hybridized carbons (Fsp3) is 0.758. The minimum Gasteiger partial charge on any atom is -0.461 e. The number of piperidine rings is 1. The fourth-order valence-corrected chi connectivity index (χ4v) is 9.81. The van der Waals surface area contributed by atoms with E-state index in [0.29, 0.717) is 41.5 Å². The summed E-state index contributed by atoms with van der Waals surface area (Å²) < 4.78 is 43.7. The van der Waals surface area contributed by atoms with Gasteiger partial charge in [-0.1, -0.05) is 47.5 Å². The molecule has 2 bridgehead atoms. The molecule has 3 saturated heterocycles. The van der Waals surface area contributed by atoms with Crippen LogP contribution in [-0.2, 0) is 4.43 Å². The molecule has 43 heavy (non-hydrogen) atoms. The van der Waals surface area contributed by atoms with Gasteiger partial charge in [-0.3, -0.25) is 4.90 Å². The van der Waals surface area contributed by atoms with Gasteiger partial charge >= 0.3 is 6.01 Å². The number of hydrogen-bond acceptors (Lipinski definition) is 6. The van der Waals surface area contributed by atoms with E-state index in [0.717, 1.165) is 64.7 Å². The Morgan fingerprint density at radius 3 is 2.33 bits per heavy atom. The van der Waals surface area contributed by atoms with Gasteiger partial charge in [-0.05, 0) is 83.6 Å². The predicted molar refractivity (Wildman–Crippen MR) is 174 cm³/mol. The van der Waals surface area contributed by atoms with Gasteiger partial charge in [-0.25, -0.2) is 8.78 Å². The van der Waals surface area contributed by atoms with Crippen molar-refractivity contribution in [2.24, 2.45) is 23.7 Å². The van der Waals surface area contributed by atoms with Crippen LogP contribution in [0.3, 0.4) is 0 Å². The van der Waals surface area contributed by atoms with Crippen LogP contribution in [0.5, 0.6) is 6.01 Å². The highest BCUT2D eigenvalue weighted by Crippen LogP contribution is 2.48. The van der Waals surface area contributed by atoms with Crippen molar-refractivity contribution in [3.8, 4) is 6.01 Å². The average molecular weight is 680 g/mol. The van der Waals surface area contributed by atoms with Gasteiger partial charge < -0.3 is 14.1 Å². The van der Waals surface area contributed by atoms with Crippen molar-refractivity contribution in [1.29, 1.82) is 0 Å². The van der Waals surface area contributed by atoms with Gasteiger partial charge in [0.15, 0.2) is 14.1 Å². The summed E-state index contributed by atoms with van der Waals surface area (Å²) in [6.45, 7) is 20.2. The minimum absolute atomic E-state index is 0.0275. The van der Waals surface area contributed by atoms with Crippen LogP contribution < -0.4 is 9.64 Å². The first-order valence-electron chi connectivity index (χ1n) is 16.4. The number of anilines is 1. The molecule has 0 N–H and O–H groups in total. The molecule has 2 aromatic rings. The van der Waals surface area contributed by atoms with Gasteiger partial charge in [-0.15, -0.1) is 0 Å². The maximum absolute atomic E-state index is 15.6. The van der Waals surface area contributed by atoms with Gasteiger partial charge in [0.1, 0.15) is 23.8 Å². The average Bonchev–Trinajstić information content (AvgIpc) is 3.56. The summed E-state index contributed by atoms with van der Waals surface area (Å²) in [6, 6.07) is 1.55. The van der Waals surface area contributed by atoms with Crippen LogP contribution in [0.4, 0.5) is 14.6 Å². The van der Waals surface area contributed by atoms with E-state index in [1.54, 1.807) is 0 Å². The van der Waals surface area contributed by atoms with Crippen molar-refractivity contribution in [3.05, 3.63) is 22.2 Å². The molecule has 4 aliphatic rings. The third kappa shape index (κ3) is 5.76. The minimum atomic E-state index is -1.93. The van der Waals surface area contributed by atoms with Crippen molar-refractivity contribution in [3.63, 3.8) is 0 Å². The van der Waals surface area contributed by atoms with Crippen molar-refractivity contribution < 1.29 is 17.9 Å². The molecule has 1 aliphatic carbocycles. The third-order valence-corrected chi connectivity index (χ3v) is 16.8. The topological polar surface area (TPSA) is 50.7 Å². The van der Waals surface area contributed by atoms with E-state index >= 15 is 4.39 Å². The molecule has 5 atom stereocenters. The summed E-state index contributed by atoms with van der Waals surface area (Å²) in [4.78, 5) is 14.3. The Bertz CT molecular complexity index is 1350. The highest BCUT2D eigenvalue weighted by molar-refractivity contribution is 9.10. The zero-order valence-corrected chi connectivity index (χ0v) is 29.6. The van der Waals surface area contributed by atoms with Crippen LogP contribution in [0.15, 0.2) is 10.5 Å². The zero-order chi connectivity index (χ0) is 30.9. The number of nitrogens with zero attached hydrogens (tertiary/aromatic N) is 4. The Kier molecular flexibility index (Phi) is 8.43. The number of fused-ring (bicyclic) bond motifs is 4. The second-order valence-corrected chi connectivity index (χ2v) is 21.1. The Morgan fingerprint density at radius 2 is 1.70 bits per heavy atom. The van der Waals surface area contributed by atoms with Crippen LogP contribution in [0.2, 0.25) is 18.1 Å². The van der Waals surface area contributed by atoms with Gasteiger partial charge in [-0.2, -0.15) is 9.97 Å². The maximum atomic E-state index is 15.6. The standard InChI is InChI=1S/C33H49BrF2N4O2Si/c1-8-20-13-33(14-21(9-2)17-40(33)16-20)19-41-31-37-29-24(12-25(35)27(34)28(29)36)30(38-31)39-15-22-10-23(18-39)26(11-22)42-43(6,7)32(3,4)5/h12,20-23,26H,8-11,13-19H2,1-7H3/t20?,21?,22-,23-,26-,33?/m1/s1. The fourth-order valence-electron chi connectivity index (χ4n) is 8.11. The Balaban J connectivity index is 1.30. The molecule has 4 heterocycles. The zero-order valence-electron chi connectivity index (χ0n) is 27.0. The molecule has 2 unspecified atom stereocenters. The lowest BCUT2D eigenvalue weighted by Crippen LogP contribution is -2.46. The van der Waals surface area contributed by atoms with Crippen LogP contribution in [0.25, 0.3) is 10.9 Å². The molecule has 1 aromatic carbocycles. The number of rotatable bonds is 8. The Hall–Kier alpha value is -1.36. The number of benzene rings is 1. The van der Waals surface area contributed by atoms with E-state index in [-0.39, 0.29) is 32.7 Å². The molecule has 3 aliphatic heterocycles. The van der Waals surface area contributed by atoms with Crippen molar-refractivity contribution in [2.45, 2.75) is 103 Å². The van der Waals surface area contributed by atoms with E-state index in [9.17, 15) is 4.39 Å². The van der Waals surface area contributed by atoms with Crippen molar-refractivity contribution in [2.75, 3.05) is 37.7 Å². The van der Waals surface area contributed by atoms with E-state index in [2.05, 4.69) is 78.4 Å². The maximum Gasteiger partial charge on any atom is 0.319 e. The summed E-state index contributed by atoms with van der Waals surface area (Å²) in [5.74, 6) is 1.35. The molecule has 1 aromatic heterocycles. The molecule has 0 spiro atoms. The Morgan fingerprint density at radius 1 is 1.02 bits per heavy atom. The summed E-state index contributed by atoms with van der Waals surface area (Å²) in [5.41, 5.74) is 0.0747. The third-order valence-electron chi connectivity index (χ3n) is 11.6. The molecular weight excluding hydrogens is 630 g/mol. The van der Waals surface area contributed by atoms with Gasteiger partial charge in [0.2, 0.25) is 0 Å². The second-order valence-electron chi connectivity index (χ2n) is 15.5. The van der Waals surface area contributed by atoms with Gasteiger partial charge in [0.05, 0.1) is 10.0 Å². The first-order valence-corrected chi connectivity index (χ1v) is 20.1. The molecule has 1 saturated carbocycles. The molecule has 0 amide bonds. The first-order chi connectivity index (χ1) is 20.2. The molecular formula is C33H49BrF2N4O2Si. The lowest BCUT2D eigenvalue weighted by Gasteiger charge is -2.40. The number of ether oxygens (including phenoxy) is 1. The monoisotopic (exact) mass is 678 g/mol. The molecule has 6 nitrogen and oxygen atoms in total. The molecule has 4 fully saturated rings. The largest absolute Gasteiger partial charge is 0.461 e. The Labute approximate surface area is 265 Å². The quantitative estimate of drug-likeness (QED) is 0.207. The van der Waals surface area contributed by atoms with Gasteiger partial charge in [0, 0.05) is 43.6 Å². The highest BCUT2D eigenvalue weighted by Gasteiger charge is 2.52. The highest BCUT2D eigenvalue weighted by atomic mass is 79.9. The lowest BCUT2D eigenvalue weighted by molar-refractivity contribution is 0.107. The predicted octanol–water partition coefficient (Wildman–Crippen LogP) is 8.19. The lowest BCUT2D eigenvalue weighted by atomic mass is 9.86. The molecule has 10 heteroatoms. The number of aromatic nitrogens is 2. The van der Waals surface area contributed by atoms with Crippen molar-refractivity contribution >= 4 is 41.0 Å². The van der Waals surface area contributed by atoms with Gasteiger partial charge in [0.25, 0.3) is 0 Å². The van der Waals surface area contributed by atoms with Crippen LogP contribution in [0, 0.1) is 35.3 Å². The normalized spacial score (nSPS) is 31.3. The van der Waals surface area contributed by atoms with E-state index in [1.165, 1.54) is 6.07 Å². The summed E-state index contributed by atoms with van der Waals surface area (Å²) in [7, 11) is -1.93. The van der Waals surface area contributed by atoms with Crippen LogP contribution >= 0.6 is 15.9 Å². The van der Waals surface area contributed by atoms with Crippen LogP contribution in [0.1, 0.15) is 73.1 Å². The number of halogens is 3. The van der Waals surface area contributed by atoms with E-state index in [1.807, 2.05) is 0 Å². The SMILES string of the molecule is CCC1CN2CC(CC)CC2(COc2nc(N3C[C@@H]4C[C@H](C3)[C@H](O[Si](C)(C)C(C)(C)C)C4)c3cc(F)c(Br)c(F)c3n2)C1. The smallest absolute Gasteiger partial charge is 0.319 e. The molecule has 0 radical (unpaired) electrons. The van der Waals surface area contributed by atoms with E-state index < -0.39 is 20.0 Å².